The van der Waals surface area contributed by atoms with Crippen LogP contribution in [0.3, 0.4) is 0 Å². The lowest BCUT2D eigenvalue weighted by Crippen LogP contribution is -2.50. The van der Waals surface area contributed by atoms with Crippen LogP contribution < -0.4 is 5.32 Å². The first-order valence-electron chi connectivity index (χ1n) is 10.4. The van der Waals surface area contributed by atoms with Crippen LogP contribution in [0.15, 0.2) is 37.1 Å². The molecule has 2 fully saturated rings. The molecule has 2 aromatic rings. The Morgan fingerprint density at radius 1 is 1.18 bits per heavy atom. The number of hydrogen-bond donors (Lipinski definition) is 2. The summed E-state index contributed by atoms with van der Waals surface area (Å²) in [5.41, 5.74) is 2.23. The summed E-state index contributed by atoms with van der Waals surface area (Å²) >= 11 is 0. The standard InChI is InChI=1S/C21H30N6O/c28-21(24-12-17-3-1-7-22-11-17)18-4-2-8-27(14-18)20-5-9-26(10-6-20)15-19-13-23-16-25-19/h1,3,7,11,13,16,18,20H,2,4-6,8-10,12,14-15H2,(H,23,25)(H,24,28)/t18-/m1/s1. The van der Waals surface area contributed by atoms with Crippen molar-refractivity contribution in [1.82, 2.24) is 30.1 Å². The number of aromatic amines is 1. The molecule has 28 heavy (non-hydrogen) atoms. The predicted octanol–water partition coefficient (Wildman–Crippen LogP) is 1.80. The molecule has 4 rings (SSSR count). The Bertz CT molecular complexity index is 727. The van der Waals surface area contributed by atoms with Crippen LogP contribution in [0.5, 0.6) is 0 Å². The summed E-state index contributed by atoms with van der Waals surface area (Å²) < 4.78 is 0. The summed E-state index contributed by atoms with van der Waals surface area (Å²) in [5, 5.41) is 3.10. The van der Waals surface area contributed by atoms with Gasteiger partial charge in [-0.15, -0.1) is 0 Å². The van der Waals surface area contributed by atoms with Gasteiger partial charge in [0.1, 0.15) is 0 Å². The molecule has 0 aliphatic carbocycles. The smallest absolute Gasteiger partial charge is 0.224 e. The summed E-state index contributed by atoms with van der Waals surface area (Å²) in [7, 11) is 0. The van der Waals surface area contributed by atoms with Crippen molar-refractivity contribution in [2.24, 2.45) is 5.92 Å². The third-order valence-electron chi connectivity index (χ3n) is 6.04. The van der Waals surface area contributed by atoms with E-state index in [2.05, 4.69) is 30.1 Å². The zero-order valence-electron chi connectivity index (χ0n) is 16.4. The number of imidazole rings is 1. The largest absolute Gasteiger partial charge is 0.352 e. The van der Waals surface area contributed by atoms with Crippen molar-refractivity contribution in [3.05, 3.63) is 48.3 Å². The maximum atomic E-state index is 12.7. The number of likely N-dealkylation sites (tertiary alicyclic amines) is 2. The van der Waals surface area contributed by atoms with Crippen molar-refractivity contribution in [2.45, 2.75) is 44.8 Å². The predicted molar refractivity (Wildman–Crippen MR) is 107 cm³/mol. The van der Waals surface area contributed by atoms with Gasteiger partial charge in [0, 0.05) is 63.1 Å². The fourth-order valence-electron chi connectivity index (χ4n) is 4.44. The molecule has 1 atom stereocenters. The molecule has 0 unspecified atom stereocenters. The van der Waals surface area contributed by atoms with Crippen LogP contribution in [0.4, 0.5) is 0 Å². The lowest BCUT2D eigenvalue weighted by atomic mass is 9.93. The summed E-state index contributed by atoms with van der Waals surface area (Å²) in [6.07, 6.45) is 11.7. The minimum atomic E-state index is 0.105. The Morgan fingerprint density at radius 2 is 2.07 bits per heavy atom. The van der Waals surface area contributed by atoms with E-state index < -0.39 is 0 Å². The Hall–Kier alpha value is -2.25. The second-order valence-corrected chi connectivity index (χ2v) is 8.00. The molecule has 1 amide bonds. The molecule has 2 saturated heterocycles. The zero-order chi connectivity index (χ0) is 19.2. The van der Waals surface area contributed by atoms with E-state index in [1.165, 1.54) is 18.5 Å². The first-order valence-corrected chi connectivity index (χ1v) is 10.4. The number of piperidine rings is 2. The van der Waals surface area contributed by atoms with E-state index in [0.717, 1.165) is 51.1 Å². The number of hydrogen-bond acceptors (Lipinski definition) is 5. The van der Waals surface area contributed by atoms with Gasteiger partial charge in [-0.25, -0.2) is 4.98 Å². The number of carbonyl (C=O) groups excluding carboxylic acids is 1. The van der Waals surface area contributed by atoms with Gasteiger partial charge >= 0.3 is 0 Å². The van der Waals surface area contributed by atoms with Crippen LogP contribution in [0, 0.1) is 5.92 Å². The number of amides is 1. The van der Waals surface area contributed by atoms with Gasteiger partial charge in [0.25, 0.3) is 0 Å². The molecule has 2 aliphatic rings. The van der Waals surface area contributed by atoms with Gasteiger partial charge in [0.05, 0.1) is 12.2 Å². The van der Waals surface area contributed by atoms with Crippen molar-refractivity contribution in [3.63, 3.8) is 0 Å². The first kappa shape index (κ1) is 19.1. The number of nitrogens with one attached hydrogen (secondary N) is 2. The molecule has 2 N–H and O–H groups in total. The average Bonchev–Trinajstić information content (AvgIpc) is 3.26. The monoisotopic (exact) mass is 382 g/mol. The minimum Gasteiger partial charge on any atom is -0.352 e. The highest BCUT2D eigenvalue weighted by atomic mass is 16.1. The van der Waals surface area contributed by atoms with Gasteiger partial charge in [0.15, 0.2) is 0 Å². The Balaban J connectivity index is 1.23. The van der Waals surface area contributed by atoms with Crippen molar-refractivity contribution in [1.29, 1.82) is 0 Å². The molecule has 2 aliphatic heterocycles. The summed E-state index contributed by atoms with van der Waals surface area (Å²) in [6, 6.07) is 4.51. The minimum absolute atomic E-state index is 0.105. The summed E-state index contributed by atoms with van der Waals surface area (Å²) in [5.74, 6) is 0.290. The quantitative estimate of drug-likeness (QED) is 0.797. The van der Waals surface area contributed by atoms with Gasteiger partial charge in [-0.05, 0) is 43.9 Å². The second kappa shape index (κ2) is 9.30. The first-order chi connectivity index (χ1) is 13.8. The van der Waals surface area contributed by atoms with Gasteiger partial charge in [-0.2, -0.15) is 0 Å². The molecule has 0 radical (unpaired) electrons. The topological polar surface area (TPSA) is 77.2 Å². The second-order valence-electron chi connectivity index (χ2n) is 8.00. The highest BCUT2D eigenvalue weighted by Gasteiger charge is 2.31. The van der Waals surface area contributed by atoms with Crippen LogP contribution in [-0.4, -0.2) is 62.9 Å². The van der Waals surface area contributed by atoms with E-state index in [1.807, 2.05) is 24.5 Å². The molecule has 0 spiro atoms. The van der Waals surface area contributed by atoms with Crippen molar-refractivity contribution < 1.29 is 4.79 Å². The maximum absolute atomic E-state index is 12.7. The maximum Gasteiger partial charge on any atom is 0.224 e. The molecule has 0 saturated carbocycles. The fourth-order valence-corrected chi connectivity index (χ4v) is 4.44. The van der Waals surface area contributed by atoms with Crippen molar-refractivity contribution in [3.8, 4) is 0 Å². The van der Waals surface area contributed by atoms with Crippen LogP contribution in [0.1, 0.15) is 36.9 Å². The van der Waals surface area contributed by atoms with Gasteiger partial charge in [-0.1, -0.05) is 6.07 Å². The highest BCUT2D eigenvalue weighted by molar-refractivity contribution is 5.78. The van der Waals surface area contributed by atoms with Crippen molar-refractivity contribution in [2.75, 3.05) is 26.2 Å². The van der Waals surface area contributed by atoms with E-state index >= 15 is 0 Å². The van der Waals surface area contributed by atoms with Crippen LogP contribution in [0.25, 0.3) is 0 Å². The van der Waals surface area contributed by atoms with E-state index in [9.17, 15) is 4.79 Å². The third kappa shape index (κ3) is 4.97. The highest BCUT2D eigenvalue weighted by Crippen LogP contribution is 2.24. The number of carbonyl (C=O) groups is 1. The fraction of sp³-hybridized carbons (Fsp3) is 0.571. The number of rotatable bonds is 6. The molecule has 0 bridgehead atoms. The molecular weight excluding hydrogens is 352 g/mol. The number of aromatic nitrogens is 3. The number of nitrogens with zero attached hydrogens (tertiary/aromatic N) is 4. The molecule has 7 heteroatoms. The summed E-state index contributed by atoms with van der Waals surface area (Å²) in [6.45, 7) is 5.75. The van der Waals surface area contributed by atoms with Crippen molar-refractivity contribution >= 4 is 5.91 Å². The Kier molecular flexibility index (Phi) is 6.34. The molecular formula is C21H30N6O. The normalized spacial score (nSPS) is 22.2. The van der Waals surface area contributed by atoms with Gasteiger partial charge in [0.2, 0.25) is 5.91 Å². The van der Waals surface area contributed by atoms with Crippen LogP contribution in [0.2, 0.25) is 0 Å². The molecule has 150 valence electrons. The van der Waals surface area contributed by atoms with E-state index in [4.69, 9.17) is 0 Å². The molecule has 0 aromatic carbocycles. The Morgan fingerprint density at radius 3 is 2.82 bits per heavy atom. The lowest BCUT2D eigenvalue weighted by molar-refractivity contribution is -0.127. The molecule has 2 aromatic heterocycles. The average molecular weight is 383 g/mol. The summed E-state index contributed by atoms with van der Waals surface area (Å²) in [4.78, 5) is 29.1. The SMILES string of the molecule is O=C(NCc1cccnc1)[C@@H]1CCCN(C2CCN(Cc3cnc[nH]3)CC2)C1. The van der Waals surface area contributed by atoms with Crippen LogP contribution >= 0.6 is 0 Å². The third-order valence-corrected chi connectivity index (χ3v) is 6.04. The lowest BCUT2D eigenvalue weighted by Gasteiger charge is -2.42. The molecule has 4 heterocycles. The van der Waals surface area contributed by atoms with E-state index in [1.54, 1.807) is 12.5 Å². The van der Waals surface area contributed by atoms with Gasteiger partial charge < -0.3 is 10.3 Å². The van der Waals surface area contributed by atoms with Gasteiger partial charge in [-0.3, -0.25) is 19.6 Å². The Labute approximate surface area is 166 Å². The van der Waals surface area contributed by atoms with E-state index in [-0.39, 0.29) is 11.8 Å². The zero-order valence-corrected chi connectivity index (χ0v) is 16.4. The molecule has 7 nitrogen and oxygen atoms in total. The van der Waals surface area contributed by atoms with E-state index in [0.29, 0.717) is 12.6 Å². The number of H-pyrrole nitrogens is 1. The van der Waals surface area contributed by atoms with Crippen LogP contribution in [-0.2, 0) is 17.9 Å². The number of pyridine rings is 1.